The van der Waals surface area contributed by atoms with Gasteiger partial charge in [-0.05, 0) is 38.2 Å². The summed E-state index contributed by atoms with van der Waals surface area (Å²) in [4.78, 5) is 11.2. The molecule has 96 valence electrons. The van der Waals surface area contributed by atoms with E-state index in [2.05, 4.69) is 0 Å². The molecule has 0 spiro atoms. The Labute approximate surface area is 102 Å². The molecule has 0 aliphatic carbocycles. The molecule has 0 aliphatic rings. The summed E-state index contributed by atoms with van der Waals surface area (Å²) in [5.41, 5.74) is 5.65. The SMILES string of the molecule is CCOCCCSCCC(N)C(=O)OCC. The summed E-state index contributed by atoms with van der Waals surface area (Å²) in [6, 6.07) is -0.473. The van der Waals surface area contributed by atoms with Crippen LogP contribution in [0.25, 0.3) is 0 Å². The molecule has 0 aliphatic heterocycles. The topological polar surface area (TPSA) is 61.5 Å². The predicted molar refractivity (Wildman–Crippen MR) is 67.7 cm³/mol. The van der Waals surface area contributed by atoms with Crippen molar-refractivity contribution in [1.29, 1.82) is 0 Å². The van der Waals surface area contributed by atoms with Gasteiger partial charge in [0.05, 0.1) is 6.61 Å². The Morgan fingerprint density at radius 1 is 1.31 bits per heavy atom. The molecule has 5 heteroatoms. The van der Waals surface area contributed by atoms with Crippen LogP contribution in [0, 0.1) is 0 Å². The molecule has 0 aromatic carbocycles. The first kappa shape index (κ1) is 15.7. The highest BCUT2D eigenvalue weighted by Crippen LogP contribution is 2.06. The van der Waals surface area contributed by atoms with Gasteiger partial charge < -0.3 is 15.2 Å². The van der Waals surface area contributed by atoms with Gasteiger partial charge in [-0.25, -0.2) is 0 Å². The molecule has 0 saturated carbocycles. The van der Waals surface area contributed by atoms with Gasteiger partial charge in [-0.15, -0.1) is 0 Å². The number of thioether (sulfide) groups is 1. The maximum Gasteiger partial charge on any atom is 0.322 e. The maximum absolute atomic E-state index is 11.2. The van der Waals surface area contributed by atoms with Crippen molar-refractivity contribution in [3.05, 3.63) is 0 Å². The van der Waals surface area contributed by atoms with Crippen molar-refractivity contribution in [1.82, 2.24) is 0 Å². The third kappa shape index (κ3) is 9.00. The largest absolute Gasteiger partial charge is 0.465 e. The van der Waals surface area contributed by atoms with Crippen LogP contribution in [0.5, 0.6) is 0 Å². The Morgan fingerprint density at radius 2 is 2.06 bits per heavy atom. The van der Waals surface area contributed by atoms with Crippen molar-refractivity contribution in [3.63, 3.8) is 0 Å². The lowest BCUT2D eigenvalue weighted by molar-refractivity contribution is -0.144. The first-order valence-corrected chi connectivity index (χ1v) is 6.95. The van der Waals surface area contributed by atoms with E-state index in [-0.39, 0.29) is 5.97 Å². The van der Waals surface area contributed by atoms with E-state index in [0.29, 0.717) is 13.0 Å². The van der Waals surface area contributed by atoms with Gasteiger partial charge in [-0.2, -0.15) is 11.8 Å². The van der Waals surface area contributed by atoms with Crippen molar-refractivity contribution in [2.75, 3.05) is 31.3 Å². The normalized spacial score (nSPS) is 12.4. The summed E-state index contributed by atoms with van der Waals surface area (Å²) in [7, 11) is 0. The summed E-state index contributed by atoms with van der Waals surface area (Å²) in [6.45, 7) is 5.76. The molecule has 0 heterocycles. The Morgan fingerprint density at radius 3 is 2.69 bits per heavy atom. The Balaban J connectivity index is 3.27. The lowest BCUT2D eigenvalue weighted by Gasteiger charge is -2.09. The number of nitrogens with two attached hydrogens (primary N) is 1. The van der Waals surface area contributed by atoms with Crippen LogP contribution in [0.4, 0.5) is 0 Å². The molecule has 1 atom stereocenters. The summed E-state index contributed by atoms with van der Waals surface area (Å²) in [6.07, 6.45) is 1.73. The molecule has 0 fully saturated rings. The number of rotatable bonds is 10. The van der Waals surface area contributed by atoms with Crippen molar-refractivity contribution >= 4 is 17.7 Å². The van der Waals surface area contributed by atoms with Crippen molar-refractivity contribution in [3.8, 4) is 0 Å². The minimum Gasteiger partial charge on any atom is -0.465 e. The molecule has 0 bridgehead atoms. The minimum absolute atomic E-state index is 0.294. The molecule has 1 unspecified atom stereocenters. The second kappa shape index (κ2) is 11.2. The zero-order valence-corrected chi connectivity index (χ0v) is 11.1. The highest BCUT2D eigenvalue weighted by molar-refractivity contribution is 7.99. The van der Waals surface area contributed by atoms with E-state index in [0.717, 1.165) is 31.1 Å². The van der Waals surface area contributed by atoms with Gasteiger partial charge in [0.25, 0.3) is 0 Å². The van der Waals surface area contributed by atoms with Crippen LogP contribution in [-0.2, 0) is 14.3 Å². The molecule has 0 amide bonds. The molecular weight excluding hydrogens is 226 g/mol. The third-order valence-corrected chi connectivity index (χ3v) is 3.05. The van der Waals surface area contributed by atoms with Crippen LogP contribution in [0.1, 0.15) is 26.7 Å². The summed E-state index contributed by atoms with van der Waals surface area (Å²) < 4.78 is 10.0. The summed E-state index contributed by atoms with van der Waals surface area (Å²) >= 11 is 1.80. The second-order valence-corrected chi connectivity index (χ2v) is 4.53. The Hall–Kier alpha value is -0.260. The van der Waals surface area contributed by atoms with E-state index >= 15 is 0 Å². The molecule has 2 N–H and O–H groups in total. The number of hydrogen-bond acceptors (Lipinski definition) is 5. The number of ether oxygens (including phenoxy) is 2. The van der Waals surface area contributed by atoms with E-state index in [9.17, 15) is 4.79 Å². The van der Waals surface area contributed by atoms with Gasteiger partial charge in [0.15, 0.2) is 0 Å². The van der Waals surface area contributed by atoms with Gasteiger partial charge in [0, 0.05) is 13.2 Å². The Bertz CT molecular complexity index is 179. The van der Waals surface area contributed by atoms with Crippen molar-refractivity contribution in [2.24, 2.45) is 5.73 Å². The summed E-state index contributed by atoms with van der Waals surface area (Å²) in [5, 5.41) is 0. The predicted octanol–water partition coefficient (Wildman–Crippen LogP) is 1.43. The van der Waals surface area contributed by atoms with Crippen molar-refractivity contribution < 1.29 is 14.3 Å². The van der Waals surface area contributed by atoms with Crippen LogP contribution in [0.15, 0.2) is 0 Å². The lowest BCUT2D eigenvalue weighted by atomic mass is 10.2. The molecule has 0 rings (SSSR count). The smallest absolute Gasteiger partial charge is 0.322 e. The number of hydrogen-bond donors (Lipinski definition) is 1. The molecule has 0 aromatic heterocycles. The average Bonchev–Trinajstić information content (AvgIpc) is 2.28. The van der Waals surface area contributed by atoms with E-state index in [4.69, 9.17) is 15.2 Å². The summed E-state index contributed by atoms with van der Waals surface area (Å²) in [5.74, 6) is 1.65. The minimum atomic E-state index is -0.473. The van der Waals surface area contributed by atoms with Crippen LogP contribution in [0.3, 0.4) is 0 Å². The fourth-order valence-corrected chi connectivity index (χ4v) is 2.03. The van der Waals surface area contributed by atoms with Crippen molar-refractivity contribution in [2.45, 2.75) is 32.7 Å². The number of esters is 1. The van der Waals surface area contributed by atoms with Crippen LogP contribution in [-0.4, -0.2) is 43.3 Å². The van der Waals surface area contributed by atoms with Crippen LogP contribution in [0.2, 0.25) is 0 Å². The van der Waals surface area contributed by atoms with Crippen LogP contribution >= 0.6 is 11.8 Å². The third-order valence-electron chi connectivity index (χ3n) is 1.94. The molecule has 4 nitrogen and oxygen atoms in total. The monoisotopic (exact) mass is 249 g/mol. The second-order valence-electron chi connectivity index (χ2n) is 3.31. The Kier molecular flexibility index (Phi) is 11.0. The van der Waals surface area contributed by atoms with Gasteiger partial charge in [0.1, 0.15) is 6.04 Å². The molecular formula is C11H23NO3S. The first-order valence-electron chi connectivity index (χ1n) is 5.80. The average molecular weight is 249 g/mol. The van der Waals surface area contributed by atoms with Gasteiger partial charge in [-0.1, -0.05) is 0 Å². The highest BCUT2D eigenvalue weighted by atomic mass is 32.2. The van der Waals surface area contributed by atoms with Crippen LogP contribution < -0.4 is 5.73 Å². The van der Waals surface area contributed by atoms with Gasteiger partial charge in [-0.3, -0.25) is 4.79 Å². The van der Waals surface area contributed by atoms with Gasteiger partial charge >= 0.3 is 5.97 Å². The van der Waals surface area contributed by atoms with Gasteiger partial charge in [0.2, 0.25) is 0 Å². The standard InChI is InChI=1S/C11H23NO3S/c1-3-14-7-5-8-16-9-6-10(12)11(13)15-4-2/h10H,3-9,12H2,1-2H3. The van der Waals surface area contributed by atoms with E-state index in [1.54, 1.807) is 18.7 Å². The fraction of sp³-hybridized carbons (Fsp3) is 0.909. The molecule has 0 saturated heterocycles. The quantitative estimate of drug-likeness (QED) is 0.469. The van der Waals surface area contributed by atoms with E-state index in [1.165, 1.54) is 0 Å². The van der Waals surface area contributed by atoms with E-state index in [1.807, 2.05) is 6.92 Å². The molecule has 0 aromatic rings. The van der Waals surface area contributed by atoms with E-state index < -0.39 is 6.04 Å². The zero-order chi connectivity index (χ0) is 12.2. The molecule has 16 heavy (non-hydrogen) atoms. The highest BCUT2D eigenvalue weighted by Gasteiger charge is 2.13. The number of carbonyl (C=O) groups is 1. The maximum atomic E-state index is 11.2. The fourth-order valence-electron chi connectivity index (χ4n) is 1.09. The zero-order valence-electron chi connectivity index (χ0n) is 10.2. The lowest BCUT2D eigenvalue weighted by Crippen LogP contribution is -2.32. The number of carbonyl (C=O) groups excluding carboxylic acids is 1. The first-order chi connectivity index (χ1) is 7.72. The molecule has 0 radical (unpaired) electrons.